The van der Waals surface area contributed by atoms with Crippen LogP contribution in [0.1, 0.15) is 33.1 Å². The number of alkyl halides is 1. The lowest BCUT2D eigenvalue weighted by Gasteiger charge is -2.07. The average Bonchev–Trinajstić information content (AvgIpc) is 2.26. The van der Waals surface area contributed by atoms with Crippen molar-refractivity contribution in [1.29, 1.82) is 0 Å². The van der Waals surface area contributed by atoms with Crippen LogP contribution in [0.2, 0.25) is 0 Å². The van der Waals surface area contributed by atoms with E-state index in [1.165, 1.54) is 0 Å². The van der Waals surface area contributed by atoms with Crippen molar-refractivity contribution < 1.29 is 23.9 Å². The van der Waals surface area contributed by atoms with Crippen LogP contribution in [-0.4, -0.2) is 35.8 Å². The Balaban J connectivity index is 3.89. The zero-order valence-electron chi connectivity index (χ0n) is 10.0. The third-order valence-corrected chi connectivity index (χ3v) is 2.72. The van der Waals surface area contributed by atoms with Gasteiger partial charge in [-0.3, -0.25) is 14.4 Å². The number of Topliss-reactive ketones (excluding diaryl/α,β-unsaturated/α-hetero) is 1. The predicted octanol–water partition coefficient (Wildman–Crippen LogP) is 1.62. The molecule has 0 rings (SSSR count). The van der Waals surface area contributed by atoms with Gasteiger partial charge < -0.3 is 9.47 Å². The fourth-order valence-corrected chi connectivity index (χ4v) is 1.59. The minimum Gasteiger partial charge on any atom is -0.466 e. The zero-order chi connectivity index (χ0) is 13.3. The minimum absolute atomic E-state index is 0.0184. The van der Waals surface area contributed by atoms with Crippen LogP contribution in [0, 0.1) is 0 Å². The van der Waals surface area contributed by atoms with Crippen LogP contribution in [0.3, 0.4) is 0 Å². The highest BCUT2D eigenvalue weighted by molar-refractivity contribution is 9.10. The van der Waals surface area contributed by atoms with Gasteiger partial charge in [-0.25, -0.2) is 0 Å². The standard InChI is InChI=1S/C11H17BrO5/c1-3-16-10(14)6-5-9(13)8(12)7-11(15)17-4-2/h8H,3-7H2,1-2H3. The molecule has 0 amide bonds. The van der Waals surface area contributed by atoms with E-state index in [2.05, 4.69) is 15.9 Å². The number of halogens is 1. The van der Waals surface area contributed by atoms with E-state index in [-0.39, 0.29) is 31.7 Å². The fraction of sp³-hybridized carbons (Fsp3) is 0.727. The summed E-state index contributed by atoms with van der Waals surface area (Å²) in [5.74, 6) is -1.04. The Morgan fingerprint density at radius 3 is 2.06 bits per heavy atom. The molecule has 17 heavy (non-hydrogen) atoms. The molecule has 5 nitrogen and oxygen atoms in total. The SMILES string of the molecule is CCOC(=O)CCC(=O)C(Br)CC(=O)OCC. The van der Waals surface area contributed by atoms with Crippen LogP contribution < -0.4 is 0 Å². The molecule has 0 saturated heterocycles. The molecule has 0 bridgehead atoms. The number of esters is 2. The summed E-state index contributed by atoms with van der Waals surface area (Å²) in [6.45, 7) is 3.99. The average molecular weight is 309 g/mol. The van der Waals surface area contributed by atoms with Gasteiger partial charge >= 0.3 is 11.9 Å². The Morgan fingerprint density at radius 2 is 1.53 bits per heavy atom. The first kappa shape index (κ1) is 16.1. The highest BCUT2D eigenvalue weighted by Crippen LogP contribution is 2.11. The van der Waals surface area contributed by atoms with Gasteiger partial charge in [0.1, 0.15) is 5.78 Å². The number of ketones is 1. The maximum absolute atomic E-state index is 11.5. The second-order valence-corrected chi connectivity index (χ2v) is 4.35. The molecule has 1 atom stereocenters. The molecule has 6 heteroatoms. The van der Waals surface area contributed by atoms with E-state index in [4.69, 9.17) is 9.47 Å². The number of carbonyl (C=O) groups excluding carboxylic acids is 3. The Hall–Kier alpha value is -0.910. The Morgan fingerprint density at radius 1 is 1.00 bits per heavy atom. The van der Waals surface area contributed by atoms with Crippen LogP contribution in [0.15, 0.2) is 0 Å². The lowest BCUT2D eigenvalue weighted by molar-refractivity contribution is -0.144. The number of carbonyl (C=O) groups is 3. The van der Waals surface area contributed by atoms with Gasteiger partial charge in [0.15, 0.2) is 0 Å². The van der Waals surface area contributed by atoms with Crippen LogP contribution in [0.25, 0.3) is 0 Å². The summed E-state index contributed by atoms with van der Waals surface area (Å²) in [4.78, 5) is 33.0. The predicted molar refractivity (Wildman–Crippen MR) is 64.8 cm³/mol. The summed E-state index contributed by atoms with van der Waals surface area (Å²) >= 11 is 3.10. The molecule has 0 saturated carbocycles. The highest BCUT2D eigenvalue weighted by atomic mass is 79.9. The van der Waals surface area contributed by atoms with Crippen molar-refractivity contribution >= 4 is 33.7 Å². The molecular formula is C11H17BrO5. The molecule has 0 aromatic rings. The van der Waals surface area contributed by atoms with E-state index in [9.17, 15) is 14.4 Å². The quantitative estimate of drug-likeness (QED) is 0.503. The number of ether oxygens (including phenoxy) is 2. The first-order chi connectivity index (χ1) is 8.01. The minimum atomic E-state index is -0.601. The summed E-state index contributed by atoms with van der Waals surface area (Å²) in [5.41, 5.74) is 0. The van der Waals surface area contributed by atoms with Crippen LogP contribution in [0.5, 0.6) is 0 Å². The monoisotopic (exact) mass is 308 g/mol. The number of hydrogen-bond acceptors (Lipinski definition) is 5. The molecule has 0 fully saturated rings. The zero-order valence-corrected chi connectivity index (χ0v) is 11.6. The Bertz CT molecular complexity index is 277. The maximum atomic E-state index is 11.5. The maximum Gasteiger partial charge on any atom is 0.307 e. The molecule has 1 unspecified atom stereocenters. The van der Waals surface area contributed by atoms with Crippen molar-refractivity contribution in [3.05, 3.63) is 0 Å². The lowest BCUT2D eigenvalue weighted by Crippen LogP contribution is -2.20. The second kappa shape index (κ2) is 9.15. The fourth-order valence-electron chi connectivity index (χ4n) is 1.10. The van der Waals surface area contributed by atoms with E-state index >= 15 is 0 Å². The summed E-state index contributed by atoms with van der Waals surface area (Å²) in [6.07, 6.45) is 0.0846. The van der Waals surface area contributed by atoms with Crippen molar-refractivity contribution in [1.82, 2.24) is 0 Å². The van der Waals surface area contributed by atoms with Crippen molar-refractivity contribution in [2.75, 3.05) is 13.2 Å². The molecule has 98 valence electrons. The first-order valence-corrected chi connectivity index (χ1v) is 6.40. The third-order valence-electron chi connectivity index (χ3n) is 1.88. The van der Waals surface area contributed by atoms with Gasteiger partial charge in [-0.2, -0.15) is 0 Å². The van der Waals surface area contributed by atoms with E-state index in [0.29, 0.717) is 6.61 Å². The third kappa shape index (κ3) is 7.90. The molecule has 0 N–H and O–H groups in total. The summed E-state index contributed by atoms with van der Waals surface area (Å²) in [5, 5.41) is 0. The first-order valence-electron chi connectivity index (χ1n) is 5.49. The van der Waals surface area contributed by atoms with Crippen molar-refractivity contribution in [2.45, 2.75) is 37.9 Å². The molecule has 0 spiro atoms. The molecule has 0 radical (unpaired) electrons. The molecule has 0 aliphatic carbocycles. The molecule has 0 aliphatic rings. The van der Waals surface area contributed by atoms with E-state index in [0.717, 1.165) is 0 Å². The van der Waals surface area contributed by atoms with Crippen LogP contribution in [0.4, 0.5) is 0 Å². The van der Waals surface area contributed by atoms with Gasteiger partial charge in [0.05, 0.1) is 30.9 Å². The number of rotatable bonds is 8. The van der Waals surface area contributed by atoms with E-state index in [1.807, 2.05) is 0 Å². The van der Waals surface area contributed by atoms with Gasteiger partial charge in [0, 0.05) is 6.42 Å². The van der Waals surface area contributed by atoms with Gasteiger partial charge in [-0.1, -0.05) is 15.9 Å². The summed E-state index contributed by atoms with van der Waals surface area (Å²) in [6, 6.07) is 0. The van der Waals surface area contributed by atoms with Crippen molar-refractivity contribution in [3.8, 4) is 0 Å². The summed E-state index contributed by atoms with van der Waals surface area (Å²) < 4.78 is 9.41. The molecule has 0 aromatic heterocycles. The molecular weight excluding hydrogens is 292 g/mol. The van der Waals surface area contributed by atoms with E-state index in [1.54, 1.807) is 13.8 Å². The number of hydrogen-bond donors (Lipinski definition) is 0. The Labute approximate surface area is 109 Å². The smallest absolute Gasteiger partial charge is 0.307 e. The largest absolute Gasteiger partial charge is 0.466 e. The highest BCUT2D eigenvalue weighted by Gasteiger charge is 2.20. The van der Waals surface area contributed by atoms with E-state index < -0.39 is 16.8 Å². The molecule has 0 aliphatic heterocycles. The van der Waals surface area contributed by atoms with Gasteiger partial charge in [-0.15, -0.1) is 0 Å². The van der Waals surface area contributed by atoms with Crippen molar-refractivity contribution in [3.63, 3.8) is 0 Å². The van der Waals surface area contributed by atoms with Crippen molar-refractivity contribution in [2.24, 2.45) is 0 Å². The Kier molecular flexibility index (Phi) is 8.66. The van der Waals surface area contributed by atoms with Gasteiger partial charge in [-0.05, 0) is 13.8 Å². The van der Waals surface area contributed by atoms with Crippen LogP contribution >= 0.6 is 15.9 Å². The van der Waals surface area contributed by atoms with Gasteiger partial charge in [0.25, 0.3) is 0 Å². The summed E-state index contributed by atoms with van der Waals surface area (Å²) in [7, 11) is 0. The topological polar surface area (TPSA) is 69.7 Å². The lowest BCUT2D eigenvalue weighted by atomic mass is 10.1. The molecule has 0 heterocycles. The van der Waals surface area contributed by atoms with Crippen LogP contribution in [-0.2, 0) is 23.9 Å². The normalized spacial score (nSPS) is 11.7. The molecule has 0 aromatic carbocycles. The van der Waals surface area contributed by atoms with Gasteiger partial charge in [0.2, 0.25) is 0 Å². The second-order valence-electron chi connectivity index (χ2n) is 3.25.